The van der Waals surface area contributed by atoms with Crippen molar-refractivity contribution in [2.45, 2.75) is 6.54 Å². The number of ether oxygens (including phenoxy) is 3. The highest BCUT2D eigenvalue weighted by atomic mass is 32.1. The minimum atomic E-state index is -0.203. The third-order valence-corrected chi connectivity index (χ3v) is 5.64. The second-order valence-electron chi connectivity index (χ2n) is 6.64. The number of thiazole rings is 1. The van der Waals surface area contributed by atoms with Crippen LogP contribution >= 0.6 is 11.3 Å². The van der Waals surface area contributed by atoms with Gasteiger partial charge in [0.1, 0.15) is 17.2 Å². The molecule has 0 N–H and O–H groups in total. The van der Waals surface area contributed by atoms with Gasteiger partial charge in [0.25, 0.3) is 5.91 Å². The Kier molecular flexibility index (Phi) is 6.28. The van der Waals surface area contributed by atoms with Gasteiger partial charge in [0.2, 0.25) is 0 Å². The molecule has 0 saturated heterocycles. The van der Waals surface area contributed by atoms with Crippen molar-refractivity contribution in [1.29, 1.82) is 0 Å². The van der Waals surface area contributed by atoms with E-state index in [0.717, 1.165) is 27.3 Å². The molecular weight excluding hydrogens is 414 g/mol. The first-order valence-electron chi connectivity index (χ1n) is 9.57. The first-order chi connectivity index (χ1) is 15.2. The number of fused-ring (bicyclic) bond motifs is 1. The van der Waals surface area contributed by atoms with Gasteiger partial charge < -0.3 is 14.2 Å². The Labute approximate surface area is 183 Å². The lowest BCUT2D eigenvalue weighted by Gasteiger charge is -2.20. The molecule has 2 aromatic heterocycles. The van der Waals surface area contributed by atoms with E-state index in [-0.39, 0.29) is 12.5 Å². The highest BCUT2D eigenvalue weighted by Crippen LogP contribution is 2.32. The quantitative estimate of drug-likeness (QED) is 0.410. The van der Waals surface area contributed by atoms with E-state index in [1.165, 1.54) is 11.3 Å². The van der Waals surface area contributed by atoms with Crippen molar-refractivity contribution in [3.8, 4) is 17.2 Å². The molecule has 0 aliphatic heterocycles. The summed E-state index contributed by atoms with van der Waals surface area (Å²) in [5.74, 6) is 1.85. The summed E-state index contributed by atoms with van der Waals surface area (Å²) in [4.78, 5) is 23.6. The zero-order chi connectivity index (χ0) is 21.6. The van der Waals surface area contributed by atoms with Crippen molar-refractivity contribution in [1.82, 2.24) is 9.97 Å². The minimum absolute atomic E-state index is 0.119. The molecule has 4 rings (SSSR count). The van der Waals surface area contributed by atoms with Gasteiger partial charge >= 0.3 is 0 Å². The van der Waals surface area contributed by atoms with Gasteiger partial charge in [-0.25, -0.2) is 4.98 Å². The molecule has 0 spiro atoms. The van der Waals surface area contributed by atoms with Crippen LogP contribution in [0.25, 0.3) is 10.2 Å². The van der Waals surface area contributed by atoms with E-state index < -0.39 is 0 Å². The van der Waals surface area contributed by atoms with Crippen LogP contribution in [-0.2, 0) is 11.3 Å². The number of aromatic nitrogens is 2. The van der Waals surface area contributed by atoms with Gasteiger partial charge in [0.05, 0.1) is 31.0 Å². The van der Waals surface area contributed by atoms with E-state index in [4.69, 9.17) is 14.2 Å². The van der Waals surface area contributed by atoms with Gasteiger partial charge in [-0.05, 0) is 54.1 Å². The Morgan fingerprint density at radius 2 is 1.74 bits per heavy atom. The molecule has 2 aromatic carbocycles. The zero-order valence-corrected chi connectivity index (χ0v) is 18.0. The zero-order valence-electron chi connectivity index (χ0n) is 17.1. The predicted octanol–water partition coefficient (Wildman–Crippen LogP) is 4.32. The summed E-state index contributed by atoms with van der Waals surface area (Å²) in [6.07, 6.45) is 3.44. The van der Waals surface area contributed by atoms with Gasteiger partial charge in [-0.3, -0.25) is 14.7 Å². The van der Waals surface area contributed by atoms with Gasteiger partial charge in [0, 0.05) is 12.4 Å². The molecule has 0 saturated carbocycles. The van der Waals surface area contributed by atoms with Crippen LogP contribution in [-0.4, -0.2) is 36.7 Å². The fourth-order valence-electron chi connectivity index (χ4n) is 2.97. The third-order valence-electron chi connectivity index (χ3n) is 4.60. The fraction of sp³-hybridized carbons (Fsp3) is 0.174. The largest absolute Gasteiger partial charge is 0.497 e. The van der Waals surface area contributed by atoms with Gasteiger partial charge in [-0.2, -0.15) is 0 Å². The molecule has 0 aliphatic rings. The SMILES string of the molecule is COc1ccc(OCC(=O)N(Cc2cccnc2)c2nc3ccc(OC)cc3s2)cc1. The molecule has 0 atom stereocenters. The lowest BCUT2D eigenvalue weighted by Crippen LogP contribution is -2.34. The molecule has 0 aliphatic carbocycles. The number of carbonyl (C=O) groups is 1. The molecule has 158 valence electrons. The summed E-state index contributed by atoms with van der Waals surface area (Å²) in [5, 5.41) is 0.593. The van der Waals surface area contributed by atoms with E-state index in [9.17, 15) is 4.79 Å². The molecule has 7 nitrogen and oxygen atoms in total. The molecule has 0 unspecified atom stereocenters. The van der Waals surface area contributed by atoms with Crippen molar-refractivity contribution in [3.05, 3.63) is 72.6 Å². The molecule has 0 bridgehead atoms. The maximum Gasteiger partial charge on any atom is 0.267 e. The standard InChI is InChI=1S/C23H21N3O4S/c1-28-17-5-7-18(8-6-17)30-15-22(27)26(14-16-4-3-11-24-13-16)23-25-20-10-9-19(29-2)12-21(20)31-23/h3-13H,14-15H2,1-2H3. The van der Waals surface area contributed by atoms with Gasteiger partial charge in [0.15, 0.2) is 11.7 Å². The lowest BCUT2D eigenvalue weighted by atomic mass is 10.2. The molecular formula is C23H21N3O4S. The summed E-state index contributed by atoms with van der Waals surface area (Å²) in [7, 11) is 3.22. The summed E-state index contributed by atoms with van der Waals surface area (Å²) in [6, 6.07) is 16.5. The number of hydrogen-bond donors (Lipinski definition) is 0. The minimum Gasteiger partial charge on any atom is -0.497 e. The molecule has 31 heavy (non-hydrogen) atoms. The first kappa shape index (κ1) is 20.6. The highest BCUT2D eigenvalue weighted by molar-refractivity contribution is 7.22. The van der Waals surface area contributed by atoms with E-state index in [1.807, 2.05) is 30.3 Å². The van der Waals surface area contributed by atoms with Crippen molar-refractivity contribution in [2.24, 2.45) is 0 Å². The third kappa shape index (κ3) is 4.92. The van der Waals surface area contributed by atoms with Crippen LogP contribution in [0, 0.1) is 0 Å². The average molecular weight is 436 g/mol. The number of nitrogens with zero attached hydrogens (tertiary/aromatic N) is 3. The van der Waals surface area contributed by atoms with Crippen molar-refractivity contribution < 1.29 is 19.0 Å². The second-order valence-corrected chi connectivity index (χ2v) is 7.64. The number of carbonyl (C=O) groups excluding carboxylic acids is 1. The Morgan fingerprint density at radius 1 is 1.00 bits per heavy atom. The molecule has 4 aromatic rings. The van der Waals surface area contributed by atoms with Crippen LogP contribution < -0.4 is 19.1 Å². The molecule has 0 radical (unpaired) electrons. The Balaban J connectivity index is 1.58. The smallest absolute Gasteiger partial charge is 0.267 e. The van der Waals surface area contributed by atoms with Crippen LogP contribution in [0.4, 0.5) is 5.13 Å². The number of rotatable bonds is 8. The summed E-state index contributed by atoms with van der Waals surface area (Å²) in [5.41, 5.74) is 1.71. The van der Waals surface area contributed by atoms with E-state index >= 15 is 0 Å². The average Bonchev–Trinajstić information content (AvgIpc) is 3.25. The fourth-order valence-corrected chi connectivity index (χ4v) is 3.98. The van der Waals surface area contributed by atoms with Gasteiger partial charge in [-0.15, -0.1) is 0 Å². The molecule has 2 heterocycles. The summed E-state index contributed by atoms with van der Waals surface area (Å²) < 4.78 is 17.1. The Morgan fingerprint density at radius 3 is 2.45 bits per heavy atom. The van der Waals surface area contributed by atoms with Crippen molar-refractivity contribution in [2.75, 3.05) is 25.7 Å². The highest BCUT2D eigenvalue weighted by Gasteiger charge is 2.21. The van der Waals surface area contributed by atoms with Crippen LogP contribution in [0.3, 0.4) is 0 Å². The van der Waals surface area contributed by atoms with E-state index in [2.05, 4.69) is 9.97 Å². The number of methoxy groups -OCH3 is 2. The molecule has 1 amide bonds. The normalized spacial score (nSPS) is 10.6. The van der Waals surface area contributed by atoms with Crippen LogP contribution in [0.5, 0.6) is 17.2 Å². The van der Waals surface area contributed by atoms with Crippen LogP contribution in [0.15, 0.2) is 67.0 Å². The monoisotopic (exact) mass is 435 g/mol. The van der Waals surface area contributed by atoms with Crippen molar-refractivity contribution in [3.63, 3.8) is 0 Å². The summed E-state index contributed by atoms with van der Waals surface area (Å²) in [6.45, 7) is 0.224. The maximum atomic E-state index is 13.1. The Hall–Kier alpha value is -3.65. The van der Waals surface area contributed by atoms with Crippen molar-refractivity contribution >= 4 is 32.6 Å². The predicted molar refractivity (Wildman–Crippen MR) is 120 cm³/mol. The van der Waals surface area contributed by atoms with E-state index in [0.29, 0.717) is 17.4 Å². The number of benzene rings is 2. The number of amides is 1. The van der Waals surface area contributed by atoms with Gasteiger partial charge in [-0.1, -0.05) is 17.4 Å². The van der Waals surface area contributed by atoms with E-state index in [1.54, 1.807) is 55.8 Å². The second kappa shape index (κ2) is 9.44. The lowest BCUT2D eigenvalue weighted by molar-refractivity contribution is -0.120. The van der Waals surface area contributed by atoms with Crippen LogP contribution in [0.2, 0.25) is 0 Å². The van der Waals surface area contributed by atoms with Crippen LogP contribution in [0.1, 0.15) is 5.56 Å². The number of pyridine rings is 1. The Bertz CT molecular complexity index is 1160. The first-order valence-corrected chi connectivity index (χ1v) is 10.4. The topological polar surface area (TPSA) is 73.8 Å². The molecule has 8 heteroatoms. The maximum absolute atomic E-state index is 13.1. The molecule has 0 fully saturated rings. The number of anilines is 1. The summed E-state index contributed by atoms with van der Waals surface area (Å²) >= 11 is 1.43. The number of hydrogen-bond acceptors (Lipinski definition) is 7.